The third-order valence-electron chi connectivity index (χ3n) is 17.5. The van der Waals surface area contributed by atoms with Crippen molar-refractivity contribution in [3.8, 4) is 34.9 Å². The molecule has 3 aromatic carbocycles. The number of anilines is 3. The molecule has 0 bridgehead atoms. The largest absolute Gasteiger partial charge is 0.479 e. The Morgan fingerprint density at radius 3 is 0.965 bits per heavy atom. The van der Waals surface area contributed by atoms with Gasteiger partial charge in [-0.1, -0.05) is 68.4 Å². The number of fused-ring (bicyclic) bond motifs is 3. The van der Waals surface area contributed by atoms with Gasteiger partial charge in [0.25, 0.3) is 0 Å². The number of alkyl halides is 3. The lowest BCUT2D eigenvalue weighted by Gasteiger charge is -2.25. The van der Waals surface area contributed by atoms with E-state index in [1.165, 1.54) is 93.8 Å². The molecule has 12 N–H and O–H groups in total. The molecule has 3 aliphatic rings. The predicted molar refractivity (Wildman–Crippen MR) is 400 cm³/mol. The standard InChI is InChI=1S/3C22H28FN6O7P.C2H6/c3*1-12(13(2)30)28-37(32,36-14-8-6-5-7-9-14)34-10-15-17(31)22(3,23)20(35-15)29-11-25-16-18(29)26-21(24)27-19(16)33-4;1-2/h3*5-9,11-12,15,17,20,31H,10H2,1-4H3,(H,28,32)(H2,24,26,27);1-2H3/t3*12-,15+,17+,20+,22+,37?;/m000./s1/i1D3;;;. The maximum atomic E-state index is 15.9. The fourth-order valence-corrected chi connectivity index (χ4v) is 15.8. The number of rotatable bonds is 30. The molecule has 3 aliphatic heterocycles. The van der Waals surface area contributed by atoms with Crippen LogP contribution in [0.3, 0.4) is 0 Å². The van der Waals surface area contributed by atoms with Crippen LogP contribution in [0.25, 0.3) is 33.5 Å². The summed E-state index contributed by atoms with van der Waals surface area (Å²) < 4.78 is 181. The zero-order chi connectivity index (χ0) is 85.4. The van der Waals surface area contributed by atoms with E-state index < -0.39 is 146 Å². The first-order valence-corrected chi connectivity index (χ1v) is 39.2. The van der Waals surface area contributed by atoms with Crippen LogP contribution in [0.4, 0.5) is 31.0 Å². The number of methoxy groups -OCH3 is 3. The topological polar surface area (TPSA) is 519 Å². The second-order valence-electron chi connectivity index (χ2n) is 25.8. The smallest absolute Gasteiger partial charge is 0.459 e. The van der Waals surface area contributed by atoms with Crippen LogP contribution in [0.2, 0.25) is 0 Å². The minimum Gasteiger partial charge on any atom is -0.479 e. The normalized spacial score (nSPS) is 26.2. The third-order valence-corrected chi connectivity index (χ3v) is 22.3. The Kier molecular flexibility index (Phi) is 26.7. The van der Waals surface area contributed by atoms with Crippen LogP contribution >= 0.6 is 23.2 Å². The van der Waals surface area contributed by atoms with Gasteiger partial charge in [-0.05, 0) is 98.6 Å². The minimum atomic E-state index is -4.62. The Labute approximate surface area is 649 Å². The van der Waals surface area contributed by atoms with E-state index in [9.17, 15) is 43.4 Å². The van der Waals surface area contributed by atoms with E-state index in [1.807, 2.05) is 13.8 Å². The summed E-state index contributed by atoms with van der Waals surface area (Å²) in [6.07, 6.45) is -9.80. The number of nitrogens with zero attached hydrogens (tertiary/aromatic N) is 12. The zero-order valence-corrected chi connectivity index (χ0v) is 65.9. The lowest BCUT2D eigenvalue weighted by atomic mass is 9.98. The number of nitrogens with one attached hydrogen (secondary N) is 3. The van der Waals surface area contributed by atoms with E-state index in [2.05, 4.69) is 60.1 Å². The lowest BCUT2D eigenvalue weighted by Crippen LogP contribution is -2.41. The highest BCUT2D eigenvalue weighted by Crippen LogP contribution is 2.52. The second kappa shape index (κ2) is 36.3. The van der Waals surface area contributed by atoms with Crippen molar-refractivity contribution in [2.24, 2.45) is 0 Å². The quantitative estimate of drug-likeness (QED) is 0.0196. The molecule has 113 heavy (non-hydrogen) atoms. The van der Waals surface area contributed by atoms with Gasteiger partial charge in [-0.25, -0.2) is 57.1 Å². The molecule has 45 heteroatoms. The molecule has 9 aromatic rings. The molecule has 18 atom stereocenters. The lowest BCUT2D eigenvalue weighted by molar-refractivity contribution is -0.119. The van der Waals surface area contributed by atoms with Gasteiger partial charge in [0.05, 0.1) is 78.3 Å². The molecule has 0 amide bonds. The Hall–Kier alpha value is -9.48. The van der Waals surface area contributed by atoms with Crippen molar-refractivity contribution in [3.05, 3.63) is 110 Å². The summed E-state index contributed by atoms with van der Waals surface area (Å²) in [5.74, 6) is -1.22. The van der Waals surface area contributed by atoms with E-state index in [0.717, 1.165) is 27.7 Å². The second-order valence-corrected chi connectivity index (χ2v) is 30.9. The molecule has 3 fully saturated rings. The van der Waals surface area contributed by atoms with Gasteiger partial charge in [0.1, 0.15) is 71.2 Å². The molecule has 6 aromatic heterocycles. The Balaban J connectivity index is 0.000000197. The first-order chi connectivity index (χ1) is 54.6. The first kappa shape index (κ1) is 83.0. The molecule has 0 radical (unpaired) electrons. The number of aliphatic hydroxyl groups is 3. The van der Waals surface area contributed by atoms with Crippen LogP contribution in [0.1, 0.15) is 98.9 Å². The van der Waals surface area contributed by atoms with E-state index in [-0.39, 0.29) is 97.8 Å². The number of ketones is 3. The van der Waals surface area contributed by atoms with E-state index in [0.29, 0.717) is 0 Å². The molecule has 0 aliphatic carbocycles. The molecule has 12 rings (SSSR count). The summed E-state index contributed by atoms with van der Waals surface area (Å²) in [4.78, 5) is 72.2. The molecule has 9 heterocycles. The Bertz CT molecular complexity index is 4860. The molecule has 39 nitrogen and oxygen atoms in total. The zero-order valence-electron chi connectivity index (χ0n) is 66.2. The van der Waals surface area contributed by atoms with Crippen molar-refractivity contribution in [1.82, 2.24) is 73.8 Å². The number of para-hydroxylation sites is 3. The van der Waals surface area contributed by atoms with Crippen molar-refractivity contribution < 1.29 is 116 Å². The van der Waals surface area contributed by atoms with E-state index >= 15 is 13.2 Å². The van der Waals surface area contributed by atoms with Crippen molar-refractivity contribution in [2.45, 2.75) is 167 Å². The van der Waals surface area contributed by atoms with Crippen LogP contribution in [0.5, 0.6) is 34.9 Å². The summed E-state index contributed by atoms with van der Waals surface area (Å²) in [7, 11) is -8.86. The SMILES string of the molecule is CC.COc1nc(N)nc2c1ncn2[C@@H]1O[C@H](COP(=O)(N[C@@H](C)C(C)=O)Oc2ccccc2)[C@@H](O)[C@@]1(C)F.COc1nc(N)nc2c1ncn2[C@@H]1O[C@H](COP(=O)(N[C@@H](C)C(C)=O)Oc2ccccc2)[C@@H](O)[C@@]1(C)F.[2H]C([2H])([2H])[C@H](NP(=O)(OC[C@H]1O[C@@H](n2cnc3c(OC)nc(N)nc32)[C@](C)(F)[C@@H]1O)Oc1ccccc1)C(C)=O. The van der Waals surface area contributed by atoms with Gasteiger partial charge in [-0.3, -0.25) is 41.7 Å². The number of imidazole rings is 3. The number of carbonyl (C=O) groups is 3. The molecule has 0 spiro atoms. The number of hydrogen-bond acceptors (Lipinski definition) is 33. The molecule has 3 unspecified atom stereocenters. The number of hydrogen-bond donors (Lipinski definition) is 9. The number of nitrogen functional groups attached to an aromatic ring is 3. The number of aromatic nitrogens is 12. The summed E-state index contributed by atoms with van der Waals surface area (Å²) >= 11 is 0. The van der Waals surface area contributed by atoms with Gasteiger partial charge in [-0.15, -0.1) is 0 Å². The summed E-state index contributed by atoms with van der Waals surface area (Å²) in [5, 5.41) is 39.6. The maximum absolute atomic E-state index is 15.9. The molecular formula is C68H90F3N18O21P3. The third kappa shape index (κ3) is 20.0. The van der Waals surface area contributed by atoms with Crippen LogP contribution in [-0.4, -0.2) is 204 Å². The van der Waals surface area contributed by atoms with Crippen molar-refractivity contribution in [1.29, 1.82) is 0 Å². The van der Waals surface area contributed by atoms with Gasteiger partial charge in [0.15, 0.2) is 69.2 Å². The fraction of sp³-hybridized carbons (Fsp3) is 0.471. The number of benzene rings is 3. The van der Waals surface area contributed by atoms with Crippen LogP contribution < -0.4 is 60.2 Å². The molecular weight excluding hydrogens is 1550 g/mol. The molecule has 0 saturated carbocycles. The summed E-state index contributed by atoms with van der Waals surface area (Å²) in [6.45, 7) is 9.29. The van der Waals surface area contributed by atoms with Crippen LogP contribution in [-0.2, 0) is 55.9 Å². The van der Waals surface area contributed by atoms with Gasteiger partial charge in [-0.2, -0.15) is 29.9 Å². The number of carbonyl (C=O) groups excluding carboxylic acids is 3. The minimum absolute atomic E-state index is 0.0309. The van der Waals surface area contributed by atoms with Crippen LogP contribution in [0.15, 0.2) is 110 Å². The highest BCUT2D eigenvalue weighted by Gasteiger charge is 2.59. The number of ether oxygens (including phenoxy) is 6. The number of halogens is 3. The predicted octanol–water partition coefficient (Wildman–Crippen LogP) is 7.55. The highest BCUT2D eigenvalue weighted by molar-refractivity contribution is 7.52. The average Bonchev–Trinajstić information content (AvgIpc) is 1.60. The van der Waals surface area contributed by atoms with E-state index in [1.54, 1.807) is 78.9 Å². The monoisotopic (exact) mass is 1650 g/mol. The van der Waals surface area contributed by atoms with Crippen molar-refractivity contribution in [2.75, 3.05) is 58.4 Å². The average molecular weight is 1650 g/mol. The summed E-state index contributed by atoms with van der Waals surface area (Å²) in [5.41, 5.74) is 11.0. The summed E-state index contributed by atoms with van der Waals surface area (Å²) in [6, 6.07) is 20.3. The van der Waals surface area contributed by atoms with Gasteiger partial charge >= 0.3 is 23.2 Å². The Morgan fingerprint density at radius 2 is 0.735 bits per heavy atom. The number of aliphatic hydroxyl groups excluding tert-OH is 3. The molecule has 614 valence electrons. The van der Waals surface area contributed by atoms with Crippen molar-refractivity contribution >= 4 is 91.9 Å². The van der Waals surface area contributed by atoms with Gasteiger partial charge in [0.2, 0.25) is 35.5 Å². The van der Waals surface area contributed by atoms with Crippen LogP contribution in [0, 0.1) is 0 Å². The van der Waals surface area contributed by atoms with Gasteiger partial charge in [0, 0.05) is 4.11 Å². The Morgan fingerprint density at radius 1 is 0.487 bits per heavy atom. The van der Waals surface area contributed by atoms with Gasteiger partial charge < -0.3 is 74.5 Å². The highest BCUT2D eigenvalue weighted by atomic mass is 31.2. The van der Waals surface area contributed by atoms with Crippen molar-refractivity contribution in [3.63, 3.8) is 0 Å². The first-order valence-electron chi connectivity index (χ1n) is 36.1. The van der Waals surface area contributed by atoms with E-state index in [4.69, 9.17) is 76.9 Å². The fourth-order valence-electron chi connectivity index (χ4n) is 11.3. The number of Topliss-reactive ketones (excluding diaryl/α,β-unsaturated/α-hetero) is 3. The maximum Gasteiger partial charge on any atom is 0.459 e. The number of nitrogens with two attached hydrogens (primary N) is 3. The molecule has 3 saturated heterocycles.